The van der Waals surface area contributed by atoms with Gasteiger partial charge in [-0.3, -0.25) is 9.69 Å². The van der Waals surface area contributed by atoms with Gasteiger partial charge < -0.3 is 10.4 Å². The summed E-state index contributed by atoms with van der Waals surface area (Å²) in [7, 11) is 0. The minimum Gasteiger partial charge on any atom is -0.396 e. The first-order valence-corrected chi connectivity index (χ1v) is 10.4. The molecule has 1 saturated carbocycles. The highest BCUT2D eigenvalue weighted by atomic mass is 16.3. The second-order valence-corrected chi connectivity index (χ2v) is 8.23. The van der Waals surface area contributed by atoms with E-state index in [2.05, 4.69) is 34.5 Å². The highest BCUT2D eigenvalue weighted by molar-refractivity contribution is 5.82. The number of likely N-dealkylation sites (tertiary alicyclic amines) is 1. The van der Waals surface area contributed by atoms with Gasteiger partial charge in [-0.1, -0.05) is 49.6 Å². The van der Waals surface area contributed by atoms with Gasteiger partial charge in [-0.2, -0.15) is 0 Å². The Labute approximate surface area is 158 Å². The summed E-state index contributed by atoms with van der Waals surface area (Å²) in [5.41, 5.74) is 0.945. The maximum atomic E-state index is 13.0. The van der Waals surface area contributed by atoms with Crippen LogP contribution in [0, 0.1) is 11.3 Å². The van der Waals surface area contributed by atoms with Crippen LogP contribution >= 0.6 is 0 Å². The fourth-order valence-corrected chi connectivity index (χ4v) is 4.60. The van der Waals surface area contributed by atoms with Gasteiger partial charge in [0, 0.05) is 19.7 Å². The van der Waals surface area contributed by atoms with Gasteiger partial charge in [0.2, 0.25) is 5.91 Å². The second kappa shape index (κ2) is 9.52. The average Bonchev–Trinajstić information content (AvgIpc) is 2.69. The Morgan fingerprint density at radius 2 is 1.81 bits per heavy atom. The summed E-state index contributed by atoms with van der Waals surface area (Å²) in [6, 6.07) is 10.5. The maximum Gasteiger partial charge on any atom is 0.226 e. The van der Waals surface area contributed by atoms with Crippen molar-refractivity contribution in [3.63, 3.8) is 0 Å². The highest BCUT2D eigenvalue weighted by Gasteiger charge is 2.40. The molecular weight excluding hydrogens is 324 g/mol. The number of hydrogen-bond acceptors (Lipinski definition) is 3. The van der Waals surface area contributed by atoms with Gasteiger partial charge in [-0.15, -0.1) is 0 Å². The number of rotatable bonds is 7. The zero-order valence-corrected chi connectivity index (χ0v) is 16.0. The van der Waals surface area contributed by atoms with E-state index in [0.29, 0.717) is 12.3 Å². The molecule has 2 N–H and O–H groups in total. The summed E-state index contributed by atoms with van der Waals surface area (Å²) in [6.07, 6.45) is 8.72. The second-order valence-electron chi connectivity index (χ2n) is 8.23. The predicted octanol–water partition coefficient (Wildman–Crippen LogP) is 3.35. The zero-order chi connectivity index (χ0) is 18.2. The maximum absolute atomic E-state index is 13.0. The number of aliphatic hydroxyl groups excluding tert-OH is 1. The van der Waals surface area contributed by atoms with Crippen molar-refractivity contribution in [3.05, 3.63) is 35.9 Å². The third kappa shape index (κ3) is 5.08. The fraction of sp³-hybridized carbons (Fsp3) is 0.682. The Hall–Kier alpha value is -1.39. The molecule has 1 amide bonds. The van der Waals surface area contributed by atoms with Crippen LogP contribution in [0.2, 0.25) is 0 Å². The van der Waals surface area contributed by atoms with E-state index in [9.17, 15) is 9.90 Å². The molecule has 0 aromatic heterocycles. The first-order chi connectivity index (χ1) is 12.7. The van der Waals surface area contributed by atoms with E-state index in [0.717, 1.165) is 39.0 Å². The van der Waals surface area contributed by atoms with Crippen molar-refractivity contribution < 1.29 is 9.90 Å². The van der Waals surface area contributed by atoms with E-state index in [4.69, 9.17) is 0 Å². The summed E-state index contributed by atoms with van der Waals surface area (Å²) < 4.78 is 0. The van der Waals surface area contributed by atoms with Crippen LogP contribution in [-0.4, -0.2) is 42.2 Å². The Morgan fingerprint density at radius 1 is 1.12 bits per heavy atom. The van der Waals surface area contributed by atoms with Crippen LogP contribution in [0.3, 0.4) is 0 Å². The van der Waals surface area contributed by atoms with Crippen molar-refractivity contribution in [1.82, 2.24) is 10.2 Å². The third-order valence-corrected chi connectivity index (χ3v) is 6.41. The largest absolute Gasteiger partial charge is 0.396 e. The highest BCUT2D eigenvalue weighted by Crippen LogP contribution is 2.36. The van der Waals surface area contributed by atoms with Crippen LogP contribution in [0.15, 0.2) is 30.3 Å². The Bertz CT molecular complexity index is 547. The molecule has 0 spiro atoms. The van der Waals surface area contributed by atoms with Gasteiger partial charge in [0.25, 0.3) is 0 Å². The molecule has 1 aliphatic carbocycles. The van der Waals surface area contributed by atoms with Crippen LogP contribution < -0.4 is 5.32 Å². The Kier molecular flexibility index (Phi) is 7.09. The van der Waals surface area contributed by atoms with E-state index < -0.39 is 0 Å². The van der Waals surface area contributed by atoms with E-state index in [1.807, 2.05) is 6.07 Å². The molecule has 4 nitrogen and oxygen atoms in total. The molecular formula is C22H34N2O2. The van der Waals surface area contributed by atoms with Crippen molar-refractivity contribution in [1.29, 1.82) is 0 Å². The number of nitrogens with zero attached hydrogens (tertiary/aromatic N) is 1. The molecule has 0 atom stereocenters. The fourth-order valence-electron chi connectivity index (χ4n) is 4.60. The molecule has 1 aliphatic heterocycles. The van der Waals surface area contributed by atoms with Crippen LogP contribution in [0.5, 0.6) is 0 Å². The summed E-state index contributed by atoms with van der Waals surface area (Å²) in [4.78, 5) is 15.4. The van der Waals surface area contributed by atoms with Gasteiger partial charge in [-0.05, 0) is 56.7 Å². The number of nitrogens with one attached hydrogen (secondary N) is 1. The number of hydrogen-bond donors (Lipinski definition) is 2. The standard InChI is InChI=1S/C22H34N2O2/c25-16-13-22(21(26)23-17-19-7-3-1-4-8-19)11-14-24(15-12-22)18-20-9-5-2-6-10-20/h2,5-6,9-10,19,25H,1,3-4,7-8,11-18H2,(H,23,26). The van der Waals surface area contributed by atoms with Crippen molar-refractivity contribution in [2.45, 2.75) is 57.9 Å². The number of amides is 1. The number of carbonyl (C=O) groups is 1. The zero-order valence-electron chi connectivity index (χ0n) is 16.0. The van der Waals surface area contributed by atoms with E-state index >= 15 is 0 Å². The van der Waals surface area contributed by atoms with Crippen molar-refractivity contribution in [2.24, 2.45) is 11.3 Å². The molecule has 0 unspecified atom stereocenters. The van der Waals surface area contributed by atoms with E-state index in [1.165, 1.54) is 37.7 Å². The van der Waals surface area contributed by atoms with Gasteiger partial charge >= 0.3 is 0 Å². The van der Waals surface area contributed by atoms with Crippen LogP contribution in [-0.2, 0) is 11.3 Å². The van der Waals surface area contributed by atoms with Gasteiger partial charge in [0.05, 0.1) is 5.41 Å². The Balaban J connectivity index is 1.52. The van der Waals surface area contributed by atoms with Crippen LogP contribution in [0.1, 0.15) is 56.9 Å². The lowest BCUT2D eigenvalue weighted by molar-refractivity contribution is -0.135. The molecule has 2 fully saturated rings. The van der Waals surface area contributed by atoms with Gasteiger partial charge in [-0.25, -0.2) is 0 Å². The summed E-state index contributed by atoms with van der Waals surface area (Å²) in [5, 5.41) is 12.8. The molecule has 1 saturated heterocycles. The SMILES string of the molecule is O=C(NCC1CCCCC1)C1(CCO)CCN(Cc2ccccc2)CC1. The summed E-state index contributed by atoms with van der Waals surface area (Å²) in [5.74, 6) is 0.827. The molecule has 1 aromatic carbocycles. The lowest BCUT2D eigenvalue weighted by Crippen LogP contribution is -2.50. The van der Waals surface area contributed by atoms with Crippen molar-refractivity contribution in [3.8, 4) is 0 Å². The molecule has 26 heavy (non-hydrogen) atoms. The lowest BCUT2D eigenvalue weighted by atomic mass is 9.74. The quantitative estimate of drug-likeness (QED) is 0.786. The van der Waals surface area contributed by atoms with Gasteiger partial charge in [0.1, 0.15) is 0 Å². The van der Waals surface area contributed by atoms with Crippen LogP contribution in [0.4, 0.5) is 0 Å². The summed E-state index contributed by atoms with van der Waals surface area (Å²) >= 11 is 0. The molecule has 4 heteroatoms. The molecule has 0 bridgehead atoms. The minimum atomic E-state index is -0.378. The van der Waals surface area contributed by atoms with Crippen molar-refractivity contribution in [2.75, 3.05) is 26.2 Å². The molecule has 1 heterocycles. The monoisotopic (exact) mass is 358 g/mol. The molecule has 144 valence electrons. The average molecular weight is 359 g/mol. The molecule has 0 radical (unpaired) electrons. The lowest BCUT2D eigenvalue weighted by Gasteiger charge is -2.41. The number of aliphatic hydroxyl groups is 1. The Morgan fingerprint density at radius 3 is 2.46 bits per heavy atom. The minimum absolute atomic E-state index is 0.0928. The predicted molar refractivity (Wildman–Crippen MR) is 105 cm³/mol. The number of benzene rings is 1. The van der Waals surface area contributed by atoms with Crippen molar-refractivity contribution >= 4 is 5.91 Å². The normalized spacial score (nSPS) is 21.4. The van der Waals surface area contributed by atoms with Crippen LogP contribution in [0.25, 0.3) is 0 Å². The molecule has 2 aliphatic rings. The first-order valence-electron chi connectivity index (χ1n) is 10.4. The first kappa shape index (κ1) is 19.4. The topological polar surface area (TPSA) is 52.6 Å². The van der Waals surface area contributed by atoms with Gasteiger partial charge in [0.15, 0.2) is 0 Å². The summed E-state index contributed by atoms with van der Waals surface area (Å²) in [6.45, 7) is 3.70. The van der Waals surface area contributed by atoms with E-state index in [-0.39, 0.29) is 17.9 Å². The molecule has 1 aromatic rings. The molecule has 3 rings (SSSR count). The smallest absolute Gasteiger partial charge is 0.226 e. The number of carbonyl (C=O) groups excluding carboxylic acids is 1. The van der Waals surface area contributed by atoms with E-state index in [1.54, 1.807) is 0 Å². The third-order valence-electron chi connectivity index (χ3n) is 6.41. The number of piperidine rings is 1.